The fraction of sp³-hybridized carbons (Fsp3) is 0.280. The Morgan fingerprint density at radius 3 is 2.22 bits per heavy atom. The molecular weight excluding hydrogens is 408 g/mol. The summed E-state index contributed by atoms with van der Waals surface area (Å²) in [5, 5.41) is 2.74. The Balaban J connectivity index is 1.36. The molecule has 1 N–H and O–H groups in total. The molecule has 0 spiro atoms. The molecule has 2 aliphatic rings. The van der Waals surface area contributed by atoms with Crippen molar-refractivity contribution >= 4 is 35.1 Å². The molecule has 3 amide bonds. The second kappa shape index (κ2) is 8.78. The molecule has 2 aromatic rings. The van der Waals surface area contributed by atoms with Crippen molar-refractivity contribution in [2.24, 2.45) is 11.8 Å². The van der Waals surface area contributed by atoms with Crippen molar-refractivity contribution in [1.29, 1.82) is 0 Å². The number of hydrogen-bond acceptors (Lipinski definition) is 5. The van der Waals surface area contributed by atoms with Gasteiger partial charge in [-0.15, -0.1) is 0 Å². The summed E-state index contributed by atoms with van der Waals surface area (Å²) >= 11 is 0. The third-order valence-corrected chi connectivity index (χ3v) is 5.87. The van der Waals surface area contributed by atoms with Crippen LogP contribution in [0.15, 0.2) is 54.6 Å². The summed E-state index contributed by atoms with van der Waals surface area (Å²) < 4.78 is 5.11. The van der Waals surface area contributed by atoms with Gasteiger partial charge in [-0.2, -0.15) is 0 Å². The molecule has 0 bridgehead atoms. The van der Waals surface area contributed by atoms with Crippen molar-refractivity contribution in [3.8, 4) is 0 Å². The first-order chi connectivity index (χ1) is 15.3. The molecule has 1 aliphatic heterocycles. The highest BCUT2D eigenvalue weighted by molar-refractivity contribution is 6.22. The maximum atomic E-state index is 12.7. The van der Waals surface area contributed by atoms with Crippen LogP contribution < -0.4 is 10.2 Å². The third kappa shape index (κ3) is 4.19. The number of carbonyl (C=O) groups is 4. The molecule has 7 nitrogen and oxygen atoms in total. The van der Waals surface area contributed by atoms with Crippen LogP contribution in [0.4, 0.5) is 11.4 Å². The number of rotatable bonds is 5. The van der Waals surface area contributed by atoms with E-state index in [2.05, 4.69) is 5.32 Å². The lowest BCUT2D eigenvalue weighted by Gasteiger charge is -2.15. The molecular formula is C25H24N2O5. The molecule has 1 fully saturated rings. The predicted molar refractivity (Wildman–Crippen MR) is 119 cm³/mol. The van der Waals surface area contributed by atoms with Crippen LogP contribution in [0.25, 0.3) is 0 Å². The fourth-order valence-electron chi connectivity index (χ4n) is 4.07. The molecule has 1 saturated heterocycles. The van der Waals surface area contributed by atoms with E-state index >= 15 is 0 Å². The highest BCUT2D eigenvalue weighted by Crippen LogP contribution is 2.37. The van der Waals surface area contributed by atoms with Crippen LogP contribution in [0.1, 0.15) is 34.3 Å². The standard InChI is InChI=1S/C25H24N2O5/c1-15-7-8-16(2)21(13-15)26-22(28)14-32-25(31)17-9-11-18(12-10-17)27-23(29)19-5-3-4-6-20(19)24(27)30/h3-4,7-13,19-20H,5-6,14H2,1-2H3,(H,26,28)/t19-,20+. The number of allylic oxidation sites excluding steroid dienone is 2. The summed E-state index contributed by atoms with van der Waals surface area (Å²) in [5.41, 5.74) is 3.25. The van der Waals surface area contributed by atoms with Crippen LogP contribution in [0, 0.1) is 25.7 Å². The van der Waals surface area contributed by atoms with E-state index in [1.807, 2.05) is 44.2 Å². The Hall–Kier alpha value is -3.74. The van der Waals surface area contributed by atoms with Gasteiger partial charge in [-0.3, -0.25) is 19.3 Å². The second-order valence-corrected chi connectivity index (χ2v) is 8.16. The summed E-state index contributed by atoms with van der Waals surface area (Å²) in [6.07, 6.45) is 5.01. The Labute approximate surface area is 186 Å². The topological polar surface area (TPSA) is 92.8 Å². The Morgan fingerprint density at radius 1 is 0.969 bits per heavy atom. The maximum Gasteiger partial charge on any atom is 0.338 e. The zero-order valence-corrected chi connectivity index (χ0v) is 18.0. The van der Waals surface area contributed by atoms with Crippen molar-refractivity contribution in [2.75, 3.05) is 16.8 Å². The monoisotopic (exact) mass is 432 g/mol. The van der Waals surface area contributed by atoms with Gasteiger partial charge in [0.25, 0.3) is 5.91 Å². The van der Waals surface area contributed by atoms with Gasteiger partial charge in [0.2, 0.25) is 11.8 Å². The molecule has 0 unspecified atom stereocenters. The largest absolute Gasteiger partial charge is 0.452 e. The molecule has 32 heavy (non-hydrogen) atoms. The number of ether oxygens (including phenoxy) is 1. The lowest BCUT2D eigenvalue weighted by molar-refractivity contribution is -0.122. The number of aryl methyl sites for hydroxylation is 2. The Kier molecular flexibility index (Phi) is 5.90. The molecule has 2 aromatic carbocycles. The number of nitrogens with one attached hydrogen (secondary N) is 1. The molecule has 2 atom stereocenters. The first kappa shape index (κ1) is 21.5. The Morgan fingerprint density at radius 2 is 1.59 bits per heavy atom. The van der Waals surface area contributed by atoms with Gasteiger partial charge in [-0.1, -0.05) is 24.3 Å². The van der Waals surface area contributed by atoms with Crippen LogP contribution in [0.5, 0.6) is 0 Å². The lowest BCUT2D eigenvalue weighted by Crippen LogP contribution is -2.30. The molecule has 7 heteroatoms. The van der Waals surface area contributed by atoms with Crippen molar-refractivity contribution in [2.45, 2.75) is 26.7 Å². The van der Waals surface area contributed by atoms with E-state index in [0.29, 0.717) is 24.2 Å². The van der Waals surface area contributed by atoms with Crippen LogP contribution >= 0.6 is 0 Å². The Bertz CT molecular complexity index is 1090. The number of fused-ring (bicyclic) bond motifs is 1. The van der Waals surface area contributed by atoms with Gasteiger partial charge in [0, 0.05) is 5.69 Å². The molecule has 0 aromatic heterocycles. The van der Waals surface area contributed by atoms with Crippen LogP contribution in [-0.2, 0) is 19.1 Å². The number of nitrogens with zero attached hydrogens (tertiary/aromatic N) is 1. The number of benzene rings is 2. The van der Waals surface area contributed by atoms with Crippen LogP contribution in [0.3, 0.4) is 0 Å². The lowest BCUT2D eigenvalue weighted by atomic mass is 9.85. The van der Waals surface area contributed by atoms with E-state index in [-0.39, 0.29) is 29.2 Å². The van der Waals surface area contributed by atoms with Crippen molar-refractivity contribution < 1.29 is 23.9 Å². The number of esters is 1. The zero-order valence-electron chi connectivity index (χ0n) is 18.0. The molecule has 1 heterocycles. The van der Waals surface area contributed by atoms with E-state index < -0.39 is 18.5 Å². The minimum atomic E-state index is -0.662. The van der Waals surface area contributed by atoms with E-state index in [1.165, 1.54) is 17.0 Å². The van der Waals surface area contributed by atoms with E-state index in [9.17, 15) is 19.2 Å². The van der Waals surface area contributed by atoms with Gasteiger partial charge in [0.1, 0.15) is 0 Å². The van der Waals surface area contributed by atoms with Crippen LogP contribution in [-0.4, -0.2) is 30.3 Å². The number of amides is 3. The van der Waals surface area contributed by atoms with Crippen LogP contribution in [0.2, 0.25) is 0 Å². The molecule has 4 rings (SSSR count). The summed E-state index contributed by atoms with van der Waals surface area (Å²) in [6.45, 7) is 3.38. The van der Waals surface area contributed by atoms with Gasteiger partial charge in [-0.05, 0) is 68.1 Å². The van der Waals surface area contributed by atoms with Crippen molar-refractivity contribution in [3.05, 3.63) is 71.3 Å². The van der Waals surface area contributed by atoms with Gasteiger partial charge in [0.05, 0.1) is 23.1 Å². The molecule has 0 saturated carbocycles. The zero-order chi connectivity index (χ0) is 22.8. The maximum absolute atomic E-state index is 12.7. The van der Waals surface area contributed by atoms with Gasteiger partial charge >= 0.3 is 5.97 Å². The first-order valence-corrected chi connectivity index (χ1v) is 10.5. The fourth-order valence-corrected chi connectivity index (χ4v) is 4.07. The minimum absolute atomic E-state index is 0.206. The highest BCUT2D eigenvalue weighted by atomic mass is 16.5. The number of hydrogen-bond donors (Lipinski definition) is 1. The quantitative estimate of drug-likeness (QED) is 0.443. The summed E-state index contributed by atoms with van der Waals surface area (Å²) in [7, 11) is 0. The van der Waals surface area contributed by atoms with Gasteiger partial charge in [0.15, 0.2) is 6.61 Å². The average Bonchev–Trinajstić information content (AvgIpc) is 3.05. The minimum Gasteiger partial charge on any atom is -0.452 e. The number of imide groups is 1. The highest BCUT2D eigenvalue weighted by Gasteiger charge is 2.47. The summed E-state index contributed by atoms with van der Waals surface area (Å²) in [4.78, 5) is 51.0. The molecule has 164 valence electrons. The average molecular weight is 432 g/mol. The summed E-state index contributed by atoms with van der Waals surface area (Å²) in [6, 6.07) is 11.8. The normalized spacial score (nSPS) is 19.6. The third-order valence-electron chi connectivity index (χ3n) is 5.87. The smallest absolute Gasteiger partial charge is 0.338 e. The van der Waals surface area contributed by atoms with E-state index in [0.717, 1.165) is 11.1 Å². The van der Waals surface area contributed by atoms with Crippen molar-refractivity contribution in [1.82, 2.24) is 0 Å². The first-order valence-electron chi connectivity index (χ1n) is 10.5. The SMILES string of the molecule is Cc1ccc(C)c(NC(=O)COC(=O)c2ccc(N3C(=O)[C@H]4CC=CC[C@H]4C3=O)cc2)c1. The van der Waals surface area contributed by atoms with E-state index in [4.69, 9.17) is 4.74 Å². The second-order valence-electron chi connectivity index (χ2n) is 8.16. The summed E-state index contributed by atoms with van der Waals surface area (Å²) in [5.74, 6) is -2.14. The number of anilines is 2. The molecule has 1 aliphatic carbocycles. The molecule has 0 radical (unpaired) electrons. The predicted octanol–water partition coefficient (Wildman–Crippen LogP) is 3.55. The van der Waals surface area contributed by atoms with E-state index in [1.54, 1.807) is 12.1 Å². The number of carbonyl (C=O) groups excluding carboxylic acids is 4. The van der Waals surface area contributed by atoms with Crippen molar-refractivity contribution in [3.63, 3.8) is 0 Å². The van der Waals surface area contributed by atoms with Gasteiger partial charge < -0.3 is 10.1 Å². The van der Waals surface area contributed by atoms with Gasteiger partial charge in [-0.25, -0.2) is 4.79 Å².